The summed E-state index contributed by atoms with van der Waals surface area (Å²) in [5.74, 6) is 0.559. The highest BCUT2D eigenvalue weighted by Crippen LogP contribution is 2.23. The van der Waals surface area contributed by atoms with Gasteiger partial charge >= 0.3 is 0 Å². The number of benzene rings is 2. The predicted molar refractivity (Wildman–Crippen MR) is 145 cm³/mol. The Kier molecular flexibility index (Phi) is 8.72. The standard InChI is InChI=1S/C27H36N4O3S/c1-6-19(2)34-23-9-7-8-20(18-23)24(32)29-26(35)28-21-10-12-22(13-11-21)30-14-16-31(17-15-30)25(33)27(3,4)5/h7-13,18-19H,6,14-17H2,1-5H3,(H2,28,29,32,35)/t19-/m1/s1. The fourth-order valence-corrected chi connectivity index (χ4v) is 3.97. The van der Waals surface area contributed by atoms with E-state index < -0.39 is 0 Å². The van der Waals surface area contributed by atoms with Crippen LogP contribution in [0.25, 0.3) is 0 Å². The lowest BCUT2D eigenvalue weighted by Crippen LogP contribution is -2.51. The van der Waals surface area contributed by atoms with Gasteiger partial charge in [-0.3, -0.25) is 14.9 Å². The molecule has 1 aliphatic rings. The van der Waals surface area contributed by atoms with Gasteiger partial charge in [0, 0.05) is 48.5 Å². The second-order valence-corrected chi connectivity index (χ2v) is 10.3. The SMILES string of the molecule is CC[C@@H](C)Oc1cccc(C(=O)NC(=S)Nc2ccc(N3CCN(C(=O)C(C)(C)C)CC3)cc2)c1. The van der Waals surface area contributed by atoms with E-state index in [1.165, 1.54) is 0 Å². The third kappa shape index (κ3) is 7.42. The molecule has 0 unspecified atom stereocenters. The van der Waals surface area contributed by atoms with Gasteiger partial charge in [0.1, 0.15) is 5.75 Å². The number of nitrogens with one attached hydrogen (secondary N) is 2. The summed E-state index contributed by atoms with van der Waals surface area (Å²) in [6.07, 6.45) is 0.963. The summed E-state index contributed by atoms with van der Waals surface area (Å²) in [5.41, 5.74) is 2.00. The molecule has 0 aromatic heterocycles. The van der Waals surface area contributed by atoms with E-state index in [0.717, 1.165) is 44.0 Å². The monoisotopic (exact) mass is 496 g/mol. The zero-order valence-corrected chi connectivity index (χ0v) is 22.1. The topological polar surface area (TPSA) is 73.9 Å². The first-order chi connectivity index (χ1) is 16.6. The highest BCUT2D eigenvalue weighted by Gasteiger charge is 2.29. The van der Waals surface area contributed by atoms with Gasteiger partial charge in [0.2, 0.25) is 5.91 Å². The number of ether oxygens (including phenoxy) is 1. The van der Waals surface area contributed by atoms with Crippen molar-refractivity contribution in [3.63, 3.8) is 0 Å². The van der Waals surface area contributed by atoms with Gasteiger partial charge in [-0.15, -0.1) is 0 Å². The van der Waals surface area contributed by atoms with E-state index in [-0.39, 0.29) is 28.4 Å². The van der Waals surface area contributed by atoms with Crippen molar-refractivity contribution in [2.75, 3.05) is 36.4 Å². The lowest BCUT2D eigenvalue weighted by Gasteiger charge is -2.38. The number of rotatable bonds is 6. The quantitative estimate of drug-likeness (QED) is 0.566. The fraction of sp³-hybridized carbons (Fsp3) is 0.444. The van der Waals surface area contributed by atoms with Crippen LogP contribution in [0.5, 0.6) is 5.75 Å². The van der Waals surface area contributed by atoms with Crippen LogP contribution in [0.2, 0.25) is 0 Å². The van der Waals surface area contributed by atoms with Crippen LogP contribution in [-0.4, -0.2) is 54.1 Å². The summed E-state index contributed by atoms with van der Waals surface area (Å²) in [6, 6.07) is 15.0. The Morgan fingerprint density at radius 3 is 2.31 bits per heavy atom. The van der Waals surface area contributed by atoms with Gasteiger partial charge in [-0.05, 0) is 68.0 Å². The van der Waals surface area contributed by atoms with E-state index in [2.05, 4.69) is 15.5 Å². The molecule has 1 aliphatic heterocycles. The minimum absolute atomic E-state index is 0.0777. The first-order valence-corrected chi connectivity index (χ1v) is 12.5. The number of nitrogens with zero attached hydrogens (tertiary/aromatic N) is 2. The average Bonchev–Trinajstić information content (AvgIpc) is 2.83. The summed E-state index contributed by atoms with van der Waals surface area (Å²) in [4.78, 5) is 29.3. The Hall–Kier alpha value is -3.13. The second-order valence-electron chi connectivity index (χ2n) is 9.85. The molecule has 0 bridgehead atoms. The number of piperazine rings is 1. The van der Waals surface area contributed by atoms with E-state index in [1.807, 2.05) is 69.9 Å². The Balaban J connectivity index is 1.51. The molecule has 1 saturated heterocycles. The summed E-state index contributed by atoms with van der Waals surface area (Å²) >= 11 is 5.34. The molecule has 0 aliphatic carbocycles. The van der Waals surface area contributed by atoms with Gasteiger partial charge in [0.15, 0.2) is 5.11 Å². The van der Waals surface area contributed by atoms with Crippen LogP contribution >= 0.6 is 12.2 Å². The molecule has 2 N–H and O–H groups in total. The molecule has 2 aromatic carbocycles. The highest BCUT2D eigenvalue weighted by atomic mass is 32.1. The van der Waals surface area contributed by atoms with Crippen molar-refractivity contribution in [1.82, 2.24) is 10.2 Å². The van der Waals surface area contributed by atoms with Crippen molar-refractivity contribution in [3.05, 3.63) is 54.1 Å². The zero-order valence-electron chi connectivity index (χ0n) is 21.3. The second kappa shape index (κ2) is 11.5. The highest BCUT2D eigenvalue weighted by molar-refractivity contribution is 7.80. The molecule has 3 rings (SSSR count). The molecule has 7 nitrogen and oxygen atoms in total. The maximum atomic E-state index is 12.6. The Bertz CT molecular complexity index is 1040. The van der Waals surface area contributed by atoms with Crippen molar-refractivity contribution in [1.29, 1.82) is 0 Å². The Morgan fingerprint density at radius 1 is 1.06 bits per heavy atom. The van der Waals surface area contributed by atoms with Crippen LogP contribution in [0.15, 0.2) is 48.5 Å². The molecule has 1 fully saturated rings. The van der Waals surface area contributed by atoms with Crippen molar-refractivity contribution < 1.29 is 14.3 Å². The zero-order chi connectivity index (χ0) is 25.6. The number of carbonyl (C=O) groups is 2. The lowest BCUT2D eigenvalue weighted by atomic mass is 9.94. The van der Waals surface area contributed by atoms with Gasteiger partial charge in [-0.2, -0.15) is 0 Å². The van der Waals surface area contributed by atoms with Crippen LogP contribution < -0.4 is 20.3 Å². The molecule has 0 radical (unpaired) electrons. The lowest BCUT2D eigenvalue weighted by molar-refractivity contribution is -0.139. The number of thiocarbonyl (C=S) groups is 1. The molecule has 1 heterocycles. The largest absolute Gasteiger partial charge is 0.491 e. The number of hydrogen-bond acceptors (Lipinski definition) is 5. The summed E-state index contributed by atoms with van der Waals surface area (Å²) < 4.78 is 5.80. The first kappa shape index (κ1) is 26.5. The summed E-state index contributed by atoms with van der Waals surface area (Å²) in [5, 5.41) is 6.01. The Morgan fingerprint density at radius 2 is 1.71 bits per heavy atom. The van der Waals surface area contributed by atoms with Gasteiger partial charge in [0.05, 0.1) is 6.10 Å². The number of carbonyl (C=O) groups excluding carboxylic acids is 2. The van der Waals surface area contributed by atoms with Gasteiger partial charge < -0.3 is 19.9 Å². The third-order valence-corrected chi connectivity index (χ3v) is 6.14. The molecule has 2 amide bonds. The molecule has 2 aromatic rings. The number of hydrogen-bond donors (Lipinski definition) is 2. The van der Waals surface area contributed by atoms with Crippen LogP contribution in [0.4, 0.5) is 11.4 Å². The Labute approximate surface area is 213 Å². The minimum atomic E-state index is -0.354. The molecular weight excluding hydrogens is 460 g/mol. The number of amides is 2. The van der Waals surface area contributed by atoms with E-state index in [4.69, 9.17) is 17.0 Å². The molecule has 0 spiro atoms. The van der Waals surface area contributed by atoms with Crippen molar-refractivity contribution in [2.24, 2.45) is 5.41 Å². The number of anilines is 2. The molecule has 35 heavy (non-hydrogen) atoms. The maximum Gasteiger partial charge on any atom is 0.257 e. The van der Waals surface area contributed by atoms with E-state index >= 15 is 0 Å². The third-order valence-electron chi connectivity index (χ3n) is 5.93. The normalized spacial score (nSPS) is 14.8. The first-order valence-electron chi connectivity index (χ1n) is 12.1. The molecule has 8 heteroatoms. The maximum absolute atomic E-state index is 12.6. The smallest absolute Gasteiger partial charge is 0.257 e. The summed E-state index contributed by atoms with van der Waals surface area (Å²) in [6.45, 7) is 12.9. The van der Waals surface area contributed by atoms with Gasteiger partial charge in [-0.25, -0.2) is 0 Å². The minimum Gasteiger partial charge on any atom is -0.491 e. The predicted octanol–water partition coefficient (Wildman–Crippen LogP) is 4.69. The van der Waals surface area contributed by atoms with Crippen molar-refractivity contribution >= 4 is 40.5 Å². The van der Waals surface area contributed by atoms with Gasteiger partial charge in [-0.1, -0.05) is 33.8 Å². The van der Waals surface area contributed by atoms with Crippen molar-refractivity contribution in [2.45, 2.75) is 47.1 Å². The van der Waals surface area contributed by atoms with E-state index in [0.29, 0.717) is 11.3 Å². The van der Waals surface area contributed by atoms with Crippen LogP contribution in [0.3, 0.4) is 0 Å². The molecule has 188 valence electrons. The summed E-state index contributed by atoms with van der Waals surface area (Å²) in [7, 11) is 0. The molecule has 0 saturated carbocycles. The van der Waals surface area contributed by atoms with Crippen molar-refractivity contribution in [3.8, 4) is 5.75 Å². The molecular formula is C27H36N4O3S. The van der Waals surface area contributed by atoms with Crippen LogP contribution in [0.1, 0.15) is 51.4 Å². The average molecular weight is 497 g/mol. The van der Waals surface area contributed by atoms with Crippen LogP contribution in [0, 0.1) is 5.41 Å². The van der Waals surface area contributed by atoms with E-state index in [1.54, 1.807) is 18.2 Å². The van der Waals surface area contributed by atoms with Gasteiger partial charge in [0.25, 0.3) is 5.91 Å². The molecule has 1 atom stereocenters. The van der Waals surface area contributed by atoms with Crippen LogP contribution in [-0.2, 0) is 4.79 Å². The van der Waals surface area contributed by atoms with E-state index in [9.17, 15) is 9.59 Å². The fourth-order valence-electron chi connectivity index (χ4n) is 3.76.